The number of aromatic nitrogens is 2. The van der Waals surface area contributed by atoms with Crippen LogP contribution >= 0.6 is 11.6 Å². The second kappa shape index (κ2) is 8.14. The van der Waals surface area contributed by atoms with Gasteiger partial charge in [-0.25, -0.2) is 4.63 Å². The maximum absolute atomic E-state index is 12.9. The second-order valence-electron chi connectivity index (χ2n) is 8.12. The van der Waals surface area contributed by atoms with Gasteiger partial charge in [0, 0.05) is 24.7 Å². The molecule has 1 aromatic heterocycles. The fourth-order valence-corrected chi connectivity index (χ4v) is 4.20. The maximum Gasteiger partial charge on any atom is 0.230 e. The van der Waals surface area contributed by atoms with Crippen LogP contribution in [0.5, 0.6) is 0 Å². The molecule has 1 saturated carbocycles. The first-order valence-corrected chi connectivity index (χ1v) is 10.5. The molecule has 0 spiro atoms. The topological polar surface area (TPSA) is 88.3 Å². The Morgan fingerprint density at radius 2 is 2.03 bits per heavy atom. The van der Waals surface area contributed by atoms with E-state index in [-0.39, 0.29) is 24.2 Å². The first-order valence-electron chi connectivity index (χ1n) is 10.1. The number of halogens is 1. The van der Waals surface area contributed by atoms with E-state index >= 15 is 0 Å². The molecule has 0 radical (unpaired) electrons. The Labute approximate surface area is 174 Å². The molecule has 1 saturated heterocycles. The smallest absolute Gasteiger partial charge is 0.230 e. The summed E-state index contributed by atoms with van der Waals surface area (Å²) in [5.74, 6) is 0.362. The van der Waals surface area contributed by atoms with Crippen molar-refractivity contribution in [2.45, 2.75) is 44.4 Å². The van der Waals surface area contributed by atoms with Gasteiger partial charge in [0.25, 0.3) is 0 Å². The van der Waals surface area contributed by atoms with Crippen molar-refractivity contribution >= 4 is 23.4 Å². The summed E-state index contributed by atoms with van der Waals surface area (Å²) in [5, 5.41) is 11.3. The summed E-state index contributed by atoms with van der Waals surface area (Å²) in [4.78, 5) is 27.3. The zero-order chi connectivity index (χ0) is 20.4. The molecule has 1 atom stereocenters. The molecule has 29 heavy (non-hydrogen) atoms. The Morgan fingerprint density at radius 1 is 1.28 bits per heavy atom. The van der Waals surface area contributed by atoms with E-state index in [2.05, 4.69) is 20.3 Å². The third kappa shape index (κ3) is 4.29. The Morgan fingerprint density at radius 3 is 2.69 bits per heavy atom. The summed E-state index contributed by atoms with van der Waals surface area (Å²) in [7, 11) is 0. The number of aryl methyl sites for hydroxylation is 1. The van der Waals surface area contributed by atoms with Crippen LogP contribution in [0.2, 0.25) is 5.02 Å². The van der Waals surface area contributed by atoms with E-state index in [1.165, 1.54) is 0 Å². The van der Waals surface area contributed by atoms with Gasteiger partial charge in [-0.15, -0.1) is 0 Å². The van der Waals surface area contributed by atoms with Crippen molar-refractivity contribution in [3.63, 3.8) is 0 Å². The van der Waals surface area contributed by atoms with Gasteiger partial charge in [-0.2, -0.15) is 0 Å². The molecule has 2 aromatic rings. The van der Waals surface area contributed by atoms with Gasteiger partial charge in [-0.05, 0) is 56.2 Å². The van der Waals surface area contributed by atoms with Crippen LogP contribution < -0.4 is 5.32 Å². The van der Waals surface area contributed by atoms with Crippen LogP contribution in [0.25, 0.3) is 0 Å². The summed E-state index contributed by atoms with van der Waals surface area (Å²) < 4.78 is 4.67. The van der Waals surface area contributed by atoms with Gasteiger partial charge in [0.15, 0.2) is 0 Å². The van der Waals surface area contributed by atoms with E-state index in [0.717, 1.165) is 37.8 Å². The molecule has 154 valence electrons. The Bertz CT molecular complexity index is 892. The third-order valence-corrected chi connectivity index (χ3v) is 6.32. The van der Waals surface area contributed by atoms with Crippen LogP contribution in [0.4, 0.5) is 0 Å². The zero-order valence-corrected chi connectivity index (χ0v) is 17.2. The number of amides is 2. The lowest BCUT2D eigenvalue weighted by Gasteiger charge is -2.33. The number of nitrogens with one attached hydrogen (secondary N) is 1. The lowest BCUT2D eigenvalue weighted by Crippen LogP contribution is -2.45. The fourth-order valence-electron chi connectivity index (χ4n) is 4.07. The van der Waals surface area contributed by atoms with Gasteiger partial charge in [-0.1, -0.05) is 34.0 Å². The van der Waals surface area contributed by atoms with Gasteiger partial charge < -0.3 is 10.2 Å². The summed E-state index contributed by atoms with van der Waals surface area (Å²) in [6.07, 6.45) is 3.86. The van der Waals surface area contributed by atoms with Gasteiger partial charge in [0.2, 0.25) is 11.8 Å². The fraction of sp³-hybridized carbons (Fsp3) is 0.524. The molecule has 2 amide bonds. The highest BCUT2D eigenvalue weighted by Crippen LogP contribution is 2.48. The van der Waals surface area contributed by atoms with Crippen LogP contribution in [-0.4, -0.2) is 46.7 Å². The van der Waals surface area contributed by atoms with Crippen LogP contribution in [-0.2, 0) is 21.4 Å². The minimum absolute atomic E-state index is 0.0275. The molecule has 0 unspecified atom stereocenters. The number of nitrogens with zero attached hydrogens (tertiary/aromatic N) is 3. The second-order valence-corrected chi connectivity index (χ2v) is 8.56. The molecule has 2 fully saturated rings. The maximum atomic E-state index is 12.9. The minimum Gasteiger partial charge on any atom is -0.355 e. The normalized spacial score (nSPS) is 20.3. The summed E-state index contributed by atoms with van der Waals surface area (Å²) in [6.45, 7) is 3.75. The number of piperidine rings is 1. The number of hydrogen-bond donors (Lipinski definition) is 1. The number of carbonyl (C=O) groups is 2. The molecular weight excluding hydrogens is 392 g/mol. The predicted molar refractivity (Wildman–Crippen MR) is 107 cm³/mol. The molecule has 0 bridgehead atoms. The van der Waals surface area contributed by atoms with E-state index in [1.807, 2.05) is 29.2 Å². The predicted octanol–water partition coefficient (Wildman–Crippen LogP) is 2.66. The zero-order valence-electron chi connectivity index (χ0n) is 16.5. The quantitative estimate of drug-likeness (QED) is 0.782. The van der Waals surface area contributed by atoms with Crippen molar-refractivity contribution in [1.82, 2.24) is 20.5 Å². The van der Waals surface area contributed by atoms with Crippen molar-refractivity contribution in [3.8, 4) is 0 Å². The molecule has 2 aliphatic rings. The van der Waals surface area contributed by atoms with Crippen molar-refractivity contribution in [1.29, 1.82) is 0 Å². The number of carbonyl (C=O) groups excluding carboxylic acids is 2. The molecule has 1 aliphatic heterocycles. The highest BCUT2D eigenvalue weighted by atomic mass is 35.5. The van der Waals surface area contributed by atoms with Crippen molar-refractivity contribution < 1.29 is 14.2 Å². The van der Waals surface area contributed by atoms with E-state index < -0.39 is 5.41 Å². The van der Waals surface area contributed by atoms with Gasteiger partial charge in [-0.3, -0.25) is 9.59 Å². The molecule has 2 heterocycles. The number of hydrogen-bond acceptors (Lipinski definition) is 5. The standard InChI is InChI=1S/C21H25ClN4O3/c1-14-18(25-29-24-14)11-19(27)26-10-2-3-15(13-26)12-23-20(28)21(8-9-21)16-4-6-17(22)7-5-16/h4-7,15H,2-3,8-13H2,1H3,(H,23,28)/t15-/m0/s1. The summed E-state index contributed by atoms with van der Waals surface area (Å²) >= 11 is 5.97. The number of likely N-dealkylation sites (tertiary alicyclic amines) is 1. The van der Waals surface area contributed by atoms with E-state index in [9.17, 15) is 9.59 Å². The highest BCUT2D eigenvalue weighted by molar-refractivity contribution is 6.30. The first kappa shape index (κ1) is 19.9. The average Bonchev–Trinajstić information content (AvgIpc) is 3.45. The molecule has 1 N–H and O–H groups in total. The van der Waals surface area contributed by atoms with Crippen LogP contribution in [0, 0.1) is 12.8 Å². The van der Waals surface area contributed by atoms with Gasteiger partial charge in [0.05, 0.1) is 11.8 Å². The SMILES string of the molecule is Cc1nonc1CC(=O)N1CCC[C@@H](CNC(=O)C2(c3ccc(Cl)cc3)CC2)C1. The van der Waals surface area contributed by atoms with Crippen molar-refractivity contribution in [3.05, 3.63) is 46.2 Å². The van der Waals surface area contributed by atoms with Gasteiger partial charge in [0.1, 0.15) is 11.4 Å². The van der Waals surface area contributed by atoms with E-state index in [4.69, 9.17) is 11.6 Å². The molecule has 8 heteroatoms. The van der Waals surface area contributed by atoms with E-state index in [0.29, 0.717) is 29.5 Å². The van der Waals surface area contributed by atoms with Gasteiger partial charge >= 0.3 is 0 Å². The van der Waals surface area contributed by atoms with Crippen LogP contribution in [0.1, 0.15) is 42.6 Å². The largest absolute Gasteiger partial charge is 0.355 e. The molecular formula is C21H25ClN4O3. The number of rotatable bonds is 6. The Kier molecular flexibility index (Phi) is 5.58. The van der Waals surface area contributed by atoms with E-state index in [1.54, 1.807) is 6.92 Å². The lowest BCUT2D eigenvalue weighted by atomic mass is 9.93. The number of benzene rings is 1. The Balaban J connectivity index is 1.30. The summed E-state index contributed by atoms with van der Waals surface area (Å²) in [6, 6.07) is 7.55. The van der Waals surface area contributed by atoms with Crippen molar-refractivity contribution in [2.24, 2.45) is 5.92 Å². The first-order chi connectivity index (χ1) is 14.0. The third-order valence-electron chi connectivity index (χ3n) is 6.07. The monoisotopic (exact) mass is 416 g/mol. The molecule has 1 aliphatic carbocycles. The highest BCUT2D eigenvalue weighted by Gasteiger charge is 2.51. The molecule has 4 rings (SSSR count). The minimum atomic E-state index is -0.410. The average molecular weight is 417 g/mol. The molecule has 7 nitrogen and oxygen atoms in total. The lowest BCUT2D eigenvalue weighted by molar-refractivity contribution is -0.132. The summed E-state index contributed by atoms with van der Waals surface area (Å²) in [5.41, 5.74) is 1.85. The Hall–Kier alpha value is -2.41. The van der Waals surface area contributed by atoms with Crippen LogP contribution in [0.15, 0.2) is 28.9 Å². The van der Waals surface area contributed by atoms with Crippen LogP contribution in [0.3, 0.4) is 0 Å². The molecule has 1 aromatic carbocycles. The van der Waals surface area contributed by atoms with Crippen molar-refractivity contribution in [2.75, 3.05) is 19.6 Å².